The normalized spacial score (nSPS) is 12.4. The van der Waals surface area contributed by atoms with Crippen LogP contribution in [0.3, 0.4) is 0 Å². The van der Waals surface area contributed by atoms with E-state index >= 15 is 0 Å². The lowest BCUT2D eigenvalue weighted by atomic mass is 9.79. The Hall–Kier alpha value is -1.63. The first-order valence-corrected chi connectivity index (χ1v) is 8.77. The minimum Gasteiger partial charge on any atom is -0.205 e. The van der Waals surface area contributed by atoms with Crippen molar-refractivity contribution in [1.82, 2.24) is 0 Å². The van der Waals surface area contributed by atoms with Crippen LogP contribution < -0.4 is 4.57 Å². The summed E-state index contributed by atoms with van der Waals surface area (Å²) in [6, 6.07) is 13.7. The van der Waals surface area contributed by atoms with E-state index < -0.39 is 0 Å². The monoisotopic (exact) mass is 310 g/mol. The van der Waals surface area contributed by atoms with Crippen LogP contribution in [0.1, 0.15) is 58.2 Å². The number of aryl methyl sites for hydroxylation is 1. The van der Waals surface area contributed by atoms with Crippen LogP contribution in [-0.2, 0) is 24.8 Å². The fourth-order valence-corrected chi connectivity index (χ4v) is 3.11. The molecule has 0 aliphatic carbocycles. The molecule has 0 spiro atoms. The van der Waals surface area contributed by atoms with E-state index in [1.54, 1.807) is 0 Å². The Morgan fingerprint density at radius 2 is 1.22 bits per heavy atom. The predicted octanol–water partition coefficient (Wildman–Crippen LogP) is 5.10. The molecule has 1 heteroatoms. The third kappa shape index (κ3) is 5.20. The highest BCUT2D eigenvalue weighted by Gasteiger charge is 2.20. The summed E-state index contributed by atoms with van der Waals surface area (Å²) in [5.41, 5.74) is 4.76. The van der Waals surface area contributed by atoms with Crippen molar-refractivity contribution in [3.8, 4) is 0 Å². The minimum atomic E-state index is 0.229. The lowest BCUT2D eigenvalue weighted by Crippen LogP contribution is -2.31. The summed E-state index contributed by atoms with van der Waals surface area (Å²) in [6.07, 6.45) is 6.59. The van der Waals surface area contributed by atoms with Crippen molar-refractivity contribution in [3.63, 3.8) is 0 Å². The third-order valence-corrected chi connectivity index (χ3v) is 4.51. The molecule has 0 saturated carbocycles. The molecule has 0 saturated heterocycles. The number of rotatable bonds is 5. The molecule has 0 aliphatic heterocycles. The topological polar surface area (TPSA) is 3.88 Å². The molecule has 0 amide bonds. The first-order valence-electron chi connectivity index (χ1n) is 8.77. The van der Waals surface area contributed by atoms with Gasteiger partial charge in [0.25, 0.3) is 0 Å². The number of nitrogens with zero attached hydrogens (tertiary/aromatic N) is 1. The van der Waals surface area contributed by atoms with E-state index in [-0.39, 0.29) is 10.8 Å². The molecule has 1 aromatic carbocycles. The second-order valence-electron chi connectivity index (χ2n) is 8.50. The molecule has 1 nitrogen and oxygen atoms in total. The molecule has 2 aromatic rings. The molecule has 2 rings (SSSR count). The van der Waals surface area contributed by atoms with Gasteiger partial charge in [0.1, 0.15) is 6.54 Å². The summed E-state index contributed by atoms with van der Waals surface area (Å²) in [5.74, 6) is 0. The molecule has 0 aliphatic rings. The van der Waals surface area contributed by atoms with Gasteiger partial charge in [0.15, 0.2) is 12.4 Å². The van der Waals surface area contributed by atoms with E-state index in [0.29, 0.717) is 0 Å². The smallest absolute Gasteiger partial charge is 0.169 e. The molecule has 0 bridgehead atoms. The summed E-state index contributed by atoms with van der Waals surface area (Å²) in [5, 5.41) is 0. The standard InChI is InChI=1S/C22H32N/c1-7-23-14-12-19(13-15-23)17-22(5,6)16-18-8-10-20(11-9-18)21(2,3)4/h8-15H,7,16-17H2,1-6H3/q+1. The van der Waals surface area contributed by atoms with Crippen molar-refractivity contribution in [1.29, 1.82) is 0 Å². The maximum Gasteiger partial charge on any atom is 0.169 e. The van der Waals surface area contributed by atoms with Crippen LogP contribution in [0.25, 0.3) is 0 Å². The van der Waals surface area contributed by atoms with Crippen LogP contribution in [-0.4, -0.2) is 0 Å². The van der Waals surface area contributed by atoms with Gasteiger partial charge >= 0.3 is 0 Å². The Bertz CT molecular complexity index is 613. The zero-order valence-electron chi connectivity index (χ0n) is 15.7. The van der Waals surface area contributed by atoms with Crippen molar-refractivity contribution in [2.24, 2.45) is 5.41 Å². The van der Waals surface area contributed by atoms with Gasteiger partial charge in [-0.3, -0.25) is 0 Å². The number of hydrogen-bond acceptors (Lipinski definition) is 0. The number of hydrogen-bond donors (Lipinski definition) is 0. The van der Waals surface area contributed by atoms with E-state index in [4.69, 9.17) is 0 Å². The van der Waals surface area contributed by atoms with E-state index in [2.05, 4.69) is 94.9 Å². The largest absolute Gasteiger partial charge is 0.205 e. The highest BCUT2D eigenvalue weighted by molar-refractivity contribution is 5.28. The zero-order chi connectivity index (χ0) is 17.1. The van der Waals surface area contributed by atoms with Crippen LogP contribution in [0.5, 0.6) is 0 Å². The van der Waals surface area contributed by atoms with Crippen LogP contribution in [0.4, 0.5) is 0 Å². The molecular formula is C22H32N+. The molecule has 0 radical (unpaired) electrons. The minimum absolute atomic E-state index is 0.229. The van der Waals surface area contributed by atoms with Gasteiger partial charge in [-0.1, -0.05) is 58.9 Å². The van der Waals surface area contributed by atoms with Crippen molar-refractivity contribution < 1.29 is 4.57 Å². The summed E-state index contributed by atoms with van der Waals surface area (Å²) < 4.78 is 2.21. The highest BCUT2D eigenvalue weighted by atomic mass is 14.9. The first kappa shape index (κ1) is 17.7. The molecule has 0 unspecified atom stereocenters. The molecule has 23 heavy (non-hydrogen) atoms. The maximum absolute atomic E-state index is 2.37. The molecule has 0 fully saturated rings. The second kappa shape index (κ2) is 6.86. The van der Waals surface area contributed by atoms with Crippen LogP contribution in [0, 0.1) is 5.41 Å². The van der Waals surface area contributed by atoms with Gasteiger partial charge in [0.05, 0.1) is 0 Å². The van der Waals surface area contributed by atoms with Gasteiger partial charge in [-0.2, -0.15) is 0 Å². The third-order valence-electron chi connectivity index (χ3n) is 4.51. The Labute approximate surface area is 142 Å². The van der Waals surface area contributed by atoms with Gasteiger partial charge < -0.3 is 0 Å². The predicted molar refractivity (Wildman–Crippen MR) is 98.6 cm³/mol. The van der Waals surface area contributed by atoms with Crippen LogP contribution >= 0.6 is 0 Å². The van der Waals surface area contributed by atoms with E-state index in [0.717, 1.165) is 19.4 Å². The summed E-state index contributed by atoms with van der Waals surface area (Å²) >= 11 is 0. The van der Waals surface area contributed by atoms with Gasteiger partial charge in [-0.05, 0) is 47.3 Å². The number of benzene rings is 1. The average Bonchev–Trinajstić information content (AvgIpc) is 2.46. The fraction of sp³-hybridized carbons (Fsp3) is 0.500. The SMILES string of the molecule is CC[n+]1ccc(CC(C)(C)Cc2ccc(C(C)(C)C)cc2)cc1. The van der Waals surface area contributed by atoms with Gasteiger partial charge in [0.2, 0.25) is 0 Å². The molecular weight excluding hydrogens is 278 g/mol. The van der Waals surface area contributed by atoms with Crippen molar-refractivity contribution in [2.45, 2.75) is 66.3 Å². The fourth-order valence-electron chi connectivity index (χ4n) is 3.11. The molecule has 0 N–H and O–H groups in total. The van der Waals surface area contributed by atoms with Crippen LogP contribution in [0.2, 0.25) is 0 Å². The lowest BCUT2D eigenvalue weighted by Gasteiger charge is -2.25. The van der Waals surface area contributed by atoms with Gasteiger partial charge in [0, 0.05) is 12.1 Å². The van der Waals surface area contributed by atoms with E-state index in [1.165, 1.54) is 16.7 Å². The maximum atomic E-state index is 2.37. The highest BCUT2D eigenvalue weighted by Crippen LogP contribution is 2.28. The number of pyridine rings is 1. The first-order chi connectivity index (χ1) is 10.7. The Kier molecular flexibility index (Phi) is 5.29. The molecule has 124 valence electrons. The Balaban J connectivity index is 2.04. The van der Waals surface area contributed by atoms with Crippen LogP contribution in [0.15, 0.2) is 48.8 Å². The number of aromatic nitrogens is 1. The summed E-state index contributed by atoms with van der Waals surface area (Å²) in [7, 11) is 0. The lowest BCUT2D eigenvalue weighted by molar-refractivity contribution is -0.693. The Morgan fingerprint density at radius 3 is 1.65 bits per heavy atom. The molecule has 1 aromatic heterocycles. The summed E-state index contributed by atoms with van der Waals surface area (Å²) in [4.78, 5) is 0. The molecule has 0 atom stereocenters. The van der Waals surface area contributed by atoms with Gasteiger partial charge in [-0.15, -0.1) is 0 Å². The van der Waals surface area contributed by atoms with E-state index in [9.17, 15) is 0 Å². The van der Waals surface area contributed by atoms with Crippen molar-refractivity contribution >= 4 is 0 Å². The zero-order valence-corrected chi connectivity index (χ0v) is 15.7. The van der Waals surface area contributed by atoms with Crippen molar-refractivity contribution in [3.05, 3.63) is 65.5 Å². The quantitative estimate of drug-likeness (QED) is 0.676. The molecule has 1 heterocycles. The van der Waals surface area contributed by atoms with Gasteiger partial charge in [-0.25, -0.2) is 4.57 Å². The Morgan fingerprint density at radius 1 is 0.739 bits per heavy atom. The van der Waals surface area contributed by atoms with E-state index in [1.807, 2.05) is 0 Å². The average molecular weight is 311 g/mol. The summed E-state index contributed by atoms with van der Waals surface area (Å²) in [6.45, 7) is 14.7. The van der Waals surface area contributed by atoms with Crippen molar-refractivity contribution in [2.75, 3.05) is 0 Å². The second-order valence-corrected chi connectivity index (χ2v) is 8.50.